The average Bonchev–Trinajstić information content (AvgIpc) is 2.38. The van der Waals surface area contributed by atoms with Gasteiger partial charge in [0, 0.05) is 18.9 Å². The molecule has 1 aromatic rings. The molecule has 0 radical (unpaired) electrons. The van der Waals surface area contributed by atoms with Crippen LogP contribution in [0.4, 0.5) is 5.69 Å². The molecule has 1 fully saturated rings. The van der Waals surface area contributed by atoms with Crippen LogP contribution >= 0.6 is 0 Å². The van der Waals surface area contributed by atoms with Crippen molar-refractivity contribution in [3.63, 3.8) is 0 Å². The first-order chi connectivity index (χ1) is 8.68. The van der Waals surface area contributed by atoms with Crippen molar-refractivity contribution in [3.05, 3.63) is 29.8 Å². The van der Waals surface area contributed by atoms with Gasteiger partial charge in [0.25, 0.3) is 0 Å². The lowest BCUT2D eigenvalue weighted by Gasteiger charge is -2.29. The highest BCUT2D eigenvalue weighted by molar-refractivity contribution is 5.83. The highest BCUT2D eigenvalue weighted by atomic mass is 16.5. The van der Waals surface area contributed by atoms with E-state index in [2.05, 4.69) is 5.32 Å². The van der Waals surface area contributed by atoms with Crippen molar-refractivity contribution >= 4 is 11.6 Å². The number of nitrogens with one attached hydrogen (secondary N) is 1. The van der Waals surface area contributed by atoms with Crippen molar-refractivity contribution in [2.45, 2.75) is 25.8 Å². The molecule has 3 N–H and O–H groups in total. The first-order valence-electron chi connectivity index (χ1n) is 6.37. The predicted octanol–water partition coefficient (Wildman–Crippen LogP) is 1.69. The van der Waals surface area contributed by atoms with Crippen molar-refractivity contribution in [1.82, 2.24) is 0 Å². The molecule has 4 nitrogen and oxygen atoms in total. The second kappa shape index (κ2) is 5.87. The van der Waals surface area contributed by atoms with Gasteiger partial charge in [0.1, 0.15) is 6.04 Å². The number of primary amides is 1. The minimum atomic E-state index is -0.310. The maximum atomic E-state index is 11.6. The Labute approximate surface area is 108 Å². The fourth-order valence-corrected chi connectivity index (χ4v) is 2.37. The number of amides is 1. The second-order valence-corrected chi connectivity index (χ2v) is 4.79. The largest absolute Gasteiger partial charge is 0.381 e. The first kappa shape index (κ1) is 12.9. The van der Waals surface area contributed by atoms with Gasteiger partial charge in [0.05, 0.1) is 0 Å². The minimum absolute atomic E-state index is 0.260. The number of aryl methyl sites for hydroxylation is 1. The molecular formula is C14H20N2O2. The van der Waals surface area contributed by atoms with Crippen LogP contribution in [0.2, 0.25) is 0 Å². The van der Waals surface area contributed by atoms with Crippen LogP contribution in [0.25, 0.3) is 0 Å². The lowest BCUT2D eigenvalue weighted by Crippen LogP contribution is -2.43. The Bertz CT molecular complexity index is 414. The third-order valence-corrected chi connectivity index (χ3v) is 3.50. The molecule has 0 spiro atoms. The van der Waals surface area contributed by atoms with E-state index in [9.17, 15) is 4.79 Å². The number of rotatable bonds is 4. The van der Waals surface area contributed by atoms with Crippen LogP contribution in [0, 0.1) is 12.8 Å². The number of para-hydroxylation sites is 1. The lowest BCUT2D eigenvalue weighted by atomic mass is 9.91. The second-order valence-electron chi connectivity index (χ2n) is 4.79. The van der Waals surface area contributed by atoms with Crippen molar-refractivity contribution in [3.8, 4) is 0 Å². The van der Waals surface area contributed by atoms with E-state index in [1.54, 1.807) is 0 Å². The highest BCUT2D eigenvalue weighted by Crippen LogP contribution is 2.23. The molecule has 2 rings (SSSR count). The topological polar surface area (TPSA) is 64.3 Å². The fraction of sp³-hybridized carbons (Fsp3) is 0.500. The Morgan fingerprint density at radius 2 is 2.06 bits per heavy atom. The van der Waals surface area contributed by atoms with Crippen molar-refractivity contribution in [1.29, 1.82) is 0 Å². The van der Waals surface area contributed by atoms with Gasteiger partial charge in [-0.2, -0.15) is 0 Å². The normalized spacial score (nSPS) is 18.3. The van der Waals surface area contributed by atoms with Gasteiger partial charge in [-0.05, 0) is 37.3 Å². The number of ether oxygens (including phenoxy) is 1. The maximum Gasteiger partial charge on any atom is 0.240 e. The van der Waals surface area contributed by atoms with Crippen LogP contribution in [-0.4, -0.2) is 25.2 Å². The molecule has 18 heavy (non-hydrogen) atoms. The van der Waals surface area contributed by atoms with Gasteiger partial charge in [-0.3, -0.25) is 4.79 Å². The predicted molar refractivity (Wildman–Crippen MR) is 71.3 cm³/mol. The number of benzene rings is 1. The van der Waals surface area contributed by atoms with Crippen LogP contribution in [0.1, 0.15) is 18.4 Å². The fourth-order valence-electron chi connectivity index (χ4n) is 2.37. The van der Waals surface area contributed by atoms with Crippen molar-refractivity contribution in [2.75, 3.05) is 18.5 Å². The number of anilines is 1. The third kappa shape index (κ3) is 3.01. The van der Waals surface area contributed by atoms with Crippen LogP contribution in [0.3, 0.4) is 0 Å². The summed E-state index contributed by atoms with van der Waals surface area (Å²) in [5.41, 5.74) is 7.62. The van der Waals surface area contributed by atoms with Gasteiger partial charge in [0.2, 0.25) is 5.91 Å². The van der Waals surface area contributed by atoms with Crippen molar-refractivity contribution in [2.24, 2.45) is 11.7 Å². The highest BCUT2D eigenvalue weighted by Gasteiger charge is 2.28. The first-order valence-corrected chi connectivity index (χ1v) is 6.37. The van der Waals surface area contributed by atoms with E-state index in [1.165, 1.54) is 0 Å². The summed E-state index contributed by atoms with van der Waals surface area (Å²) in [6.45, 7) is 3.44. The maximum absolute atomic E-state index is 11.6. The molecule has 0 saturated carbocycles. The van der Waals surface area contributed by atoms with Crippen LogP contribution in [-0.2, 0) is 9.53 Å². The molecule has 1 aliphatic rings. The van der Waals surface area contributed by atoms with Gasteiger partial charge in [0.15, 0.2) is 0 Å². The molecule has 1 unspecified atom stereocenters. The van der Waals surface area contributed by atoms with Gasteiger partial charge in [-0.25, -0.2) is 0 Å². The van der Waals surface area contributed by atoms with E-state index < -0.39 is 0 Å². The number of nitrogens with two attached hydrogens (primary N) is 1. The summed E-state index contributed by atoms with van der Waals surface area (Å²) >= 11 is 0. The third-order valence-electron chi connectivity index (χ3n) is 3.50. The van der Waals surface area contributed by atoms with Gasteiger partial charge >= 0.3 is 0 Å². The minimum Gasteiger partial charge on any atom is -0.381 e. The van der Waals surface area contributed by atoms with E-state index in [0.29, 0.717) is 13.2 Å². The Hall–Kier alpha value is -1.55. The summed E-state index contributed by atoms with van der Waals surface area (Å²) in [6.07, 6.45) is 1.76. The molecule has 1 heterocycles. The molecule has 1 saturated heterocycles. The Kier molecular flexibility index (Phi) is 4.20. The standard InChI is InChI=1S/C14H20N2O2/c1-10-4-2-3-5-12(10)16-13(14(15)17)11-6-8-18-9-7-11/h2-5,11,13,16H,6-9H2,1H3,(H2,15,17). The zero-order chi connectivity index (χ0) is 13.0. The molecule has 0 aliphatic carbocycles. The smallest absolute Gasteiger partial charge is 0.240 e. The lowest BCUT2D eigenvalue weighted by molar-refractivity contribution is -0.120. The van der Waals surface area contributed by atoms with E-state index in [1.807, 2.05) is 31.2 Å². The molecule has 0 aromatic heterocycles. The van der Waals surface area contributed by atoms with Crippen LogP contribution < -0.4 is 11.1 Å². The molecule has 4 heteroatoms. The summed E-state index contributed by atoms with van der Waals surface area (Å²) < 4.78 is 5.32. The summed E-state index contributed by atoms with van der Waals surface area (Å²) in [5, 5.41) is 3.29. The summed E-state index contributed by atoms with van der Waals surface area (Å²) in [5.74, 6) is -0.0268. The molecular weight excluding hydrogens is 228 g/mol. The molecule has 1 aromatic carbocycles. The monoisotopic (exact) mass is 248 g/mol. The Morgan fingerprint density at radius 3 is 2.67 bits per heavy atom. The number of hydrogen-bond acceptors (Lipinski definition) is 3. The molecule has 1 amide bonds. The zero-order valence-electron chi connectivity index (χ0n) is 10.7. The number of carbonyl (C=O) groups excluding carboxylic acids is 1. The van der Waals surface area contributed by atoms with Crippen LogP contribution in [0.15, 0.2) is 24.3 Å². The SMILES string of the molecule is Cc1ccccc1NC(C(N)=O)C1CCOCC1. The molecule has 0 bridgehead atoms. The quantitative estimate of drug-likeness (QED) is 0.852. The average molecular weight is 248 g/mol. The Balaban J connectivity index is 2.11. The van der Waals surface area contributed by atoms with Crippen LogP contribution in [0.5, 0.6) is 0 Å². The summed E-state index contributed by atoms with van der Waals surface area (Å²) in [7, 11) is 0. The zero-order valence-corrected chi connectivity index (χ0v) is 10.7. The molecule has 98 valence electrons. The number of carbonyl (C=O) groups is 1. The van der Waals surface area contributed by atoms with Gasteiger partial charge in [-0.1, -0.05) is 18.2 Å². The van der Waals surface area contributed by atoms with Gasteiger partial charge in [-0.15, -0.1) is 0 Å². The van der Waals surface area contributed by atoms with Gasteiger partial charge < -0.3 is 15.8 Å². The van der Waals surface area contributed by atoms with Crippen molar-refractivity contribution < 1.29 is 9.53 Å². The van der Waals surface area contributed by atoms with E-state index >= 15 is 0 Å². The summed E-state index contributed by atoms with van der Waals surface area (Å²) in [6, 6.07) is 7.62. The molecule has 1 aliphatic heterocycles. The van der Waals surface area contributed by atoms with E-state index in [0.717, 1.165) is 24.1 Å². The molecule has 1 atom stereocenters. The number of hydrogen-bond donors (Lipinski definition) is 2. The van der Waals surface area contributed by atoms with E-state index in [-0.39, 0.29) is 17.9 Å². The summed E-state index contributed by atoms with van der Waals surface area (Å²) in [4.78, 5) is 11.6. The van der Waals surface area contributed by atoms with E-state index in [4.69, 9.17) is 10.5 Å². The Morgan fingerprint density at radius 1 is 1.39 bits per heavy atom.